The van der Waals surface area contributed by atoms with E-state index in [0.717, 1.165) is 24.7 Å². The second-order valence-electron chi connectivity index (χ2n) is 7.26. The number of para-hydroxylation sites is 1. The molecule has 0 bridgehead atoms. The molecule has 1 aliphatic rings. The maximum absolute atomic E-state index is 14.8. The summed E-state index contributed by atoms with van der Waals surface area (Å²) in [6.45, 7) is 3.87. The van der Waals surface area contributed by atoms with Crippen LogP contribution in [0.1, 0.15) is 22.8 Å². The number of halogens is 2. The Labute approximate surface area is 175 Å². The Morgan fingerprint density at radius 1 is 1.00 bits per heavy atom. The van der Waals surface area contributed by atoms with Gasteiger partial charge in [0, 0.05) is 61.3 Å². The number of aliphatic hydroxyl groups is 1. The van der Waals surface area contributed by atoms with Gasteiger partial charge in [-0.1, -0.05) is 41.9 Å². The summed E-state index contributed by atoms with van der Waals surface area (Å²) in [5.41, 5.74) is 2.92. The second kappa shape index (κ2) is 8.91. The highest BCUT2D eigenvalue weighted by atomic mass is 35.5. The Hall–Kier alpha value is -2.47. The van der Waals surface area contributed by atoms with Crippen LogP contribution in [0, 0.1) is 5.82 Å². The number of anilines is 1. The fourth-order valence-corrected chi connectivity index (χ4v) is 3.91. The van der Waals surface area contributed by atoms with Crippen molar-refractivity contribution in [1.29, 1.82) is 0 Å². The number of benzene rings is 2. The molecule has 6 heteroatoms. The fraction of sp³-hybridized carbons (Fsp3) is 0.261. The zero-order valence-electron chi connectivity index (χ0n) is 16.0. The van der Waals surface area contributed by atoms with E-state index in [1.54, 1.807) is 36.7 Å². The molecule has 1 aliphatic heterocycles. The van der Waals surface area contributed by atoms with Crippen molar-refractivity contribution in [1.82, 2.24) is 9.88 Å². The van der Waals surface area contributed by atoms with Gasteiger partial charge in [0.1, 0.15) is 11.9 Å². The molecule has 0 spiro atoms. The van der Waals surface area contributed by atoms with Crippen LogP contribution in [-0.4, -0.2) is 41.2 Å². The molecule has 4 nitrogen and oxygen atoms in total. The molecule has 1 atom stereocenters. The second-order valence-corrected chi connectivity index (χ2v) is 7.69. The predicted molar refractivity (Wildman–Crippen MR) is 114 cm³/mol. The number of piperazine rings is 1. The molecule has 150 valence electrons. The van der Waals surface area contributed by atoms with Crippen LogP contribution in [0.3, 0.4) is 0 Å². The first kappa shape index (κ1) is 19.8. The number of aromatic nitrogens is 1. The standard InChI is InChI=1S/C23H23ClFN3O/c24-19-8-6-17(7-9-19)16-27-11-13-28(14-12-27)22-20(4-1-5-21(22)25)23(29)18-3-2-10-26-15-18/h1-10,15,23,29H,11-14,16H2. The van der Waals surface area contributed by atoms with Gasteiger partial charge in [-0.15, -0.1) is 0 Å². The monoisotopic (exact) mass is 411 g/mol. The van der Waals surface area contributed by atoms with Gasteiger partial charge in [-0.25, -0.2) is 4.39 Å². The lowest BCUT2D eigenvalue weighted by molar-refractivity contribution is 0.218. The molecule has 1 unspecified atom stereocenters. The van der Waals surface area contributed by atoms with E-state index in [2.05, 4.69) is 9.88 Å². The Bertz CT molecular complexity index is 944. The first-order valence-electron chi connectivity index (χ1n) is 9.70. The summed E-state index contributed by atoms with van der Waals surface area (Å²) in [4.78, 5) is 8.44. The van der Waals surface area contributed by atoms with Gasteiger partial charge in [0.2, 0.25) is 0 Å². The van der Waals surface area contributed by atoms with Crippen LogP contribution in [0.5, 0.6) is 0 Å². The molecular formula is C23H23ClFN3O. The SMILES string of the molecule is OC(c1cccnc1)c1cccc(F)c1N1CCN(Cc2ccc(Cl)cc2)CC1. The van der Waals surface area contributed by atoms with Crippen molar-refractivity contribution >= 4 is 17.3 Å². The average Bonchev–Trinajstić information content (AvgIpc) is 2.76. The van der Waals surface area contributed by atoms with Crippen LogP contribution in [0.15, 0.2) is 67.0 Å². The summed E-state index contributed by atoms with van der Waals surface area (Å²) in [7, 11) is 0. The first-order valence-corrected chi connectivity index (χ1v) is 10.1. The van der Waals surface area contributed by atoms with E-state index >= 15 is 0 Å². The number of nitrogens with zero attached hydrogens (tertiary/aromatic N) is 3. The van der Waals surface area contributed by atoms with Crippen LogP contribution < -0.4 is 4.90 Å². The van der Waals surface area contributed by atoms with Gasteiger partial charge in [-0.3, -0.25) is 9.88 Å². The van der Waals surface area contributed by atoms with Gasteiger partial charge in [-0.05, 0) is 29.8 Å². The number of aliphatic hydroxyl groups excluding tert-OH is 1. The molecule has 2 heterocycles. The molecule has 1 saturated heterocycles. The van der Waals surface area contributed by atoms with Crippen LogP contribution in [-0.2, 0) is 6.54 Å². The van der Waals surface area contributed by atoms with E-state index in [1.165, 1.54) is 11.6 Å². The third kappa shape index (κ3) is 4.58. The number of pyridine rings is 1. The Morgan fingerprint density at radius 3 is 2.45 bits per heavy atom. The third-order valence-electron chi connectivity index (χ3n) is 5.32. The maximum atomic E-state index is 14.8. The highest BCUT2D eigenvalue weighted by Crippen LogP contribution is 2.33. The van der Waals surface area contributed by atoms with Gasteiger partial charge in [0.05, 0.1) is 5.69 Å². The summed E-state index contributed by atoms with van der Waals surface area (Å²) in [6.07, 6.45) is 2.35. The summed E-state index contributed by atoms with van der Waals surface area (Å²) in [5.74, 6) is -0.309. The first-order chi connectivity index (χ1) is 14.1. The zero-order valence-corrected chi connectivity index (χ0v) is 16.8. The van der Waals surface area contributed by atoms with Crippen molar-refractivity contribution in [3.8, 4) is 0 Å². The average molecular weight is 412 g/mol. The minimum atomic E-state index is -0.915. The lowest BCUT2D eigenvalue weighted by Gasteiger charge is -2.37. The smallest absolute Gasteiger partial charge is 0.146 e. The number of hydrogen-bond acceptors (Lipinski definition) is 4. The Morgan fingerprint density at radius 2 is 1.76 bits per heavy atom. The van der Waals surface area contributed by atoms with Gasteiger partial charge in [0.25, 0.3) is 0 Å². The molecule has 0 amide bonds. The van der Waals surface area contributed by atoms with Crippen molar-refractivity contribution < 1.29 is 9.50 Å². The normalized spacial score (nSPS) is 16.0. The van der Waals surface area contributed by atoms with Crippen molar-refractivity contribution in [2.24, 2.45) is 0 Å². The van der Waals surface area contributed by atoms with E-state index in [9.17, 15) is 9.50 Å². The molecular weight excluding hydrogens is 389 g/mol. The quantitative estimate of drug-likeness (QED) is 0.680. The lowest BCUT2D eigenvalue weighted by atomic mass is 9.99. The zero-order chi connectivity index (χ0) is 20.2. The number of hydrogen-bond donors (Lipinski definition) is 1. The van der Waals surface area contributed by atoms with E-state index < -0.39 is 6.10 Å². The fourth-order valence-electron chi connectivity index (χ4n) is 3.78. The van der Waals surface area contributed by atoms with E-state index in [4.69, 9.17) is 11.6 Å². The summed E-state index contributed by atoms with van der Waals surface area (Å²) in [6, 6.07) is 16.3. The highest BCUT2D eigenvalue weighted by Gasteiger charge is 2.25. The topological polar surface area (TPSA) is 39.6 Å². The molecule has 1 fully saturated rings. The number of rotatable bonds is 5. The minimum Gasteiger partial charge on any atom is -0.384 e. The summed E-state index contributed by atoms with van der Waals surface area (Å²) >= 11 is 5.96. The maximum Gasteiger partial charge on any atom is 0.146 e. The van der Waals surface area contributed by atoms with Gasteiger partial charge in [-0.2, -0.15) is 0 Å². The van der Waals surface area contributed by atoms with Crippen LogP contribution >= 0.6 is 11.6 Å². The molecule has 0 saturated carbocycles. The van der Waals surface area contributed by atoms with Crippen molar-refractivity contribution in [3.63, 3.8) is 0 Å². The van der Waals surface area contributed by atoms with Crippen molar-refractivity contribution in [2.45, 2.75) is 12.6 Å². The van der Waals surface area contributed by atoms with E-state index in [-0.39, 0.29) is 5.82 Å². The van der Waals surface area contributed by atoms with E-state index in [0.29, 0.717) is 29.9 Å². The molecule has 2 aromatic carbocycles. The predicted octanol–water partition coefficient (Wildman–Crippen LogP) is 4.28. The molecule has 0 radical (unpaired) electrons. The van der Waals surface area contributed by atoms with Crippen LogP contribution in [0.2, 0.25) is 5.02 Å². The van der Waals surface area contributed by atoms with Crippen molar-refractivity contribution in [2.75, 3.05) is 31.1 Å². The van der Waals surface area contributed by atoms with Crippen LogP contribution in [0.25, 0.3) is 0 Å². The summed E-state index contributed by atoms with van der Waals surface area (Å²) in [5, 5.41) is 11.6. The molecule has 1 aromatic heterocycles. The van der Waals surface area contributed by atoms with Crippen LogP contribution in [0.4, 0.5) is 10.1 Å². The minimum absolute atomic E-state index is 0.309. The van der Waals surface area contributed by atoms with Crippen molar-refractivity contribution in [3.05, 3.63) is 94.5 Å². The Kier molecular flexibility index (Phi) is 6.09. The third-order valence-corrected chi connectivity index (χ3v) is 5.57. The molecule has 4 rings (SSSR count). The van der Waals surface area contributed by atoms with Gasteiger partial charge < -0.3 is 10.0 Å². The highest BCUT2D eigenvalue weighted by molar-refractivity contribution is 6.30. The Balaban J connectivity index is 1.49. The van der Waals surface area contributed by atoms with E-state index in [1.807, 2.05) is 29.2 Å². The molecule has 29 heavy (non-hydrogen) atoms. The molecule has 0 aliphatic carbocycles. The van der Waals surface area contributed by atoms with Gasteiger partial charge in [0.15, 0.2) is 0 Å². The lowest BCUT2D eigenvalue weighted by Crippen LogP contribution is -2.46. The largest absolute Gasteiger partial charge is 0.384 e. The molecule has 3 aromatic rings. The van der Waals surface area contributed by atoms with Gasteiger partial charge >= 0.3 is 0 Å². The summed E-state index contributed by atoms with van der Waals surface area (Å²) < 4.78 is 14.8. The molecule has 1 N–H and O–H groups in total.